The van der Waals surface area contributed by atoms with E-state index in [4.69, 9.17) is 21.6 Å². The van der Waals surface area contributed by atoms with Gasteiger partial charge in [-0.25, -0.2) is 37.5 Å². The third-order valence-electron chi connectivity index (χ3n) is 6.08. The van der Waals surface area contributed by atoms with Crippen LogP contribution in [0.3, 0.4) is 0 Å². The molecule has 2 heterocycles. The van der Waals surface area contributed by atoms with Crippen molar-refractivity contribution in [2.45, 2.75) is 13.8 Å². The fraction of sp³-hybridized carbons (Fsp3) is 0.0625. The number of fused-ring (bicyclic) bond motifs is 2. The Morgan fingerprint density at radius 3 is 1.43 bits per heavy atom. The number of benzene rings is 4. The lowest BCUT2D eigenvalue weighted by molar-refractivity contribution is 0.100. The van der Waals surface area contributed by atoms with Gasteiger partial charge in [0.15, 0.2) is 16.7 Å². The zero-order valence-electron chi connectivity index (χ0n) is 24.0. The van der Waals surface area contributed by atoms with Crippen molar-refractivity contribution in [2.24, 2.45) is 0 Å². The molecule has 0 amide bonds. The van der Waals surface area contributed by atoms with Crippen molar-refractivity contribution in [3.8, 4) is 11.3 Å². The molecule has 0 bridgehead atoms. The van der Waals surface area contributed by atoms with Crippen molar-refractivity contribution in [2.75, 3.05) is 0 Å². The molecule has 0 saturated heterocycles. The predicted molar refractivity (Wildman–Crippen MR) is 166 cm³/mol. The highest BCUT2D eigenvalue weighted by atomic mass is 35.5. The van der Waals surface area contributed by atoms with E-state index in [2.05, 4.69) is 19.9 Å². The first-order valence-corrected chi connectivity index (χ1v) is 13.7. The van der Waals surface area contributed by atoms with Crippen molar-refractivity contribution >= 4 is 57.8 Å². The Morgan fingerprint density at radius 1 is 0.609 bits per heavy atom. The lowest BCUT2D eigenvalue weighted by atomic mass is 9.80. The minimum atomic E-state index is -1.83. The van der Waals surface area contributed by atoms with Crippen LogP contribution in [0.4, 0.5) is 17.6 Å². The molecule has 0 fully saturated rings. The van der Waals surface area contributed by atoms with Crippen LogP contribution in [0, 0.1) is 23.3 Å². The average molecular weight is 649 g/mol. The van der Waals surface area contributed by atoms with Crippen molar-refractivity contribution in [3.05, 3.63) is 125 Å². The summed E-state index contributed by atoms with van der Waals surface area (Å²) >= 11 is 5.80. The molecule has 0 unspecified atom stereocenters. The van der Waals surface area contributed by atoms with Gasteiger partial charge in [0.1, 0.15) is 40.4 Å². The van der Waals surface area contributed by atoms with Gasteiger partial charge in [-0.15, -0.1) is 0 Å². The molecule has 46 heavy (non-hydrogen) atoms. The van der Waals surface area contributed by atoms with Crippen LogP contribution in [0.1, 0.15) is 34.8 Å². The van der Waals surface area contributed by atoms with Gasteiger partial charge < -0.3 is 10.0 Å². The lowest BCUT2D eigenvalue weighted by Crippen LogP contribution is -2.30. The minimum Gasteiger partial charge on any atom is -0.423 e. The van der Waals surface area contributed by atoms with Crippen LogP contribution in [0.25, 0.3) is 33.3 Å². The summed E-state index contributed by atoms with van der Waals surface area (Å²) in [7, 11) is -1.83. The van der Waals surface area contributed by atoms with Crippen molar-refractivity contribution in [1.29, 1.82) is 0 Å². The molecule has 0 aliphatic rings. The summed E-state index contributed by atoms with van der Waals surface area (Å²) in [5.41, 5.74) is 3.00. The van der Waals surface area contributed by atoms with Crippen LogP contribution < -0.4 is 5.46 Å². The van der Waals surface area contributed by atoms with Gasteiger partial charge in [0, 0.05) is 31.5 Å². The Morgan fingerprint density at radius 2 is 1.00 bits per heavy atom. The Bertz CT molecular complexity index is 2040. The van der Waals surface area contributed by atoms with E-state index in [1.165, 1.54) is 13.8 Å². The lowest BCUT2D eigenvalue weighted by Gasteiger charge is -2.08. The number of carbonyl (C=O) groups is 2. The fourth-order valence-electron chi connectivity index (χ4n) is 4.06. The number of Topliss-reactive ketones (excluding diaryl/α,β-unsaturated/α-hetero) is 2. The van der Waals surface area contributed by atoms with E-state index in [0.717, 1.165) is 30.3 Å². The molecule has 0 aliphatic carbocycles. The second-order valence-electron chi connectivity index (χ2n) is 9.61. The third-order valence-corrected chi connectivity index (χ3v) is 6.35. The normalized spacial score (nSPS) is 10.5. The Balaban J connectivity index is 0.000000167. The largest absolute Gasteiger partial charge is 0.488 e. The maximum absolute atomic E-state index is 13.4. The van der Waals surface area contributed by atoms with Gasteiger partial charge in [-0.2, -0.15) is 0 Å². The average Bonchev–Trinajstić information content (AvgIpc) is 2.99. The molecule has 0 radical (unpaired) electrons. The van der Waals surface area contributed by atoms with Crippen molar-refractivity contribution in [3.63, 3.8) is 0 Å². The minimum absolute atomic E-state index is 0.0960. The van der Waals surface area contributed by atoms with Crippen LogP contribution in [0.2, 0.25) is 5.15 Å². The number of ketones is 2. The molecule has 2 N–H and O–H groups in total. The van der Waals surface area contributed by atoms with Crippen LogP contribution in [0.5, 0.6) is 0 Å². The van der Waals surface area contributed by atoms with Crippen LogP contribution >= 0.6 is 11.6 Å². The van der Waals surface area contributed by atoms with Crippen LogP contribution in [0.15, 0.2) is 84.9 Å². The summed E-state index contributed by atoms with van der Waals surface area (Å²) in [4.78, 5) is 39.7. The maximum atomic E-state index is 13.4. The summed E-state index contributed by atoms with van der Waals surface area (Å²) in [6.07, 6.45) is 0. The van der Waals surface area contributed by atoms with E-state index >= 15 is 0 Å². The smallest absolute Gasteiger partial charge is 0.423 e. The molecular formula is C32H22BClF4N4O4. The first-order valence-electron chi connectivity index (χ1n) is 13.3. The summed E-state index contributed by atoms with van der Waals surface area (Å²) in [5.74, 6) is -3.59. The highest BCUT2D eigenvalue weighted by molar-refractivity contribution is 6.58. The van der Waals surface area contributed by atoms with E-state index < -0.39 is 30.4 Å². The molecule has 0 spiro atoms. The van der Waals surface area contributed by atoms with Crippen LogP contribution in [-0.2, 0) is 0 Å². The van der Waals surface area contributed by atoms with Gasteiger partial charge in [-0.1, -0.05) is 35.9 Å². The van der Waals surface area contributed by atoms with E-state index in [1.807, 2.05) is 12.1 Å². The molecule has 14 heteroatoms. The Labute approximate surface area is 264 Å². The van der Waals surface area contributed by atoms with Gasteiger partial charge in [0.2, 0.25) is 0 Å². The third kappa shape index (κ3) is 8.54. The number of hydrogen-bond acceptors (Lipinski definition) is 8. The molecule has 0 aliphatic heterocycles. The number of rotatable bonds is 4. The van der Waals surface area contributed by atoms with E-state index in [0.29, 0.717) is 28.1 Å². The molecule has 8 nitrogen and oxygen atoms in total. The topological polar surface area (TPSA) is 126 Å². The SMILES string of the molecule is CC(=O)c1nc2ccccc2nc1-c1cc(F)cc(F)c1.CC(=O)c1nc2ccccc2nc1Cl.OB(O)c1cc(F)cc(F)c1. The molecule has 4 aromatic carbocycles. The first-order chi connectivity index (χ1) is 21.8. The molecule has 6 aromatic rings. The van der Waals surface area contributed by atoms with Gasteiger partial charge in [-0.05, 0) is 54.0 Å². The number of nitrogens with zero attached hydrogens (tertiary/aromatic N) is 4. The zero-order chi connectivity index (χ0) is 33.5. The summed E-state index contributed by atoms with van der Waals surface area (Å²) < 4.78 is 51.4. The Hall–Kier alpha value is -5.11. The predicted octanol–water partition coefficient (Wildman–Crippen LogP) is 5.91. The van der Waals surface area contributed by atoms with Gasteiger partial charge >= 0.3 is 7.12 Å². The van der Waals surface area contributed by atoms with Crippen molar-refractivity contribution < 1.29 is 37.2 Å². The van der Waals surface area contributed by atoms with E-state index in [1.54, 1.807) is 36.4 Å². The number of aromatic nitrogens is 4. The highest BCUT2D eigenvalue weighted by Crippen LogP contribution is 2.25. The first kappa shape index (κ1) is 33.8. The monoisotopic (exact) mass is 648 g/mol. The second-order valence-corrected chi connectivity index (χ2v) is 9.97. The zero-order valence-corrected chi connectivity index (χ0v) is 24.8. The number of halogens is 5. The molecule has 0 atom stereocenters. The number of para-hydroxylation sites is 4. The standard InChI is InChI=1S/C16H10F2N2O.C10H7ClN2O.C6H5BF2O2/c1-9(21)15-16(10-6-11(17)8-12(18)7-10)20-14-5-3-2-4-13(14)19-15;1-6(14)9-10(11)13-8-5-3-2-4-7(8)12-9;8-5-1-4(7(10)11)2-6(9)3-5/h2-8H,1H3;2-5H,1H3;1-3,10-11H. The number of carbonyl (C=O) groups excluding carboxylic acids is 2. The molecule has 2 aromatic heterocycles. The fourth-order valence-corrected chi connectivity index (χ4v) is 4.33. The summed E-state index contributed by atoms with van der Waals surface area (Å²) in [5, 5.41) is 17.2. The van der Waals surface area contributed by atoms with Crippen LogP contribution in [-0.4, -0.2) is 48.7 Å². The highest BCUT2D eigenvalue weighted by Gasteiger charge is 2.16. The van der Waals surface area contributed by atoms with Gasteiger partial charge in [0.25, 0.3) is 0 Å². The second kappa shape index (κ2) is 14.8. The molecule has 0 saturated carbocycles. The quantitative estimate of drug-likeness (QED) is 0.137. The molecule has 232 valence electrons. The molecule has 6 rings (SSSR count). The van der Waals surface area contributed by atoms with Gasteiger partial charge in [-0.3, -0.25) is 9.59 Å². The molecular weight excluding hydrogens is 627 g/mol. The summed E-state index contributed by atoms with van der Waals surface area (Å²) in [6, 6.07) is 19.7. The van der Waals surface area contributed by atoms with Gasteiger partial charge in [0.05, 0.1) is 22.1 Å². The van der Waals surface area contributed by atoms with E-state index in [9.17, 15) is 27.2 Å². The Kier molecular flexibility index (Phi) is 10.9. The number of hydrogen-bond donors (Lipinski definition) is 2. The van der Waals surface area contributed by atoms with E-state index in [-0.39, 0.29) is 44.8 Å². The van der Waals surface area contributed by atoms with Crippen molar-refractivity contribution in [1.82, 2.24) is 19.9 Å². The maximum Gasteiger partial charge on any atom is 0.488 e. The summed E-state index contributed by atoms with van der Waals surface area (Å²) in [6.45, 7) is 2.77.